The van der Waals surface area contributed by atoms with Crippen molar-refractivity contribution in [2.24, 2.45) is 5.41 Å². The summed E-state index contributed by atoms with van der Waals surface area (Å²) in [4.78, 5) is 4.32. The van der Waals surface area contributed by atoms with Gasteiger partial charge in [-0.25, -0.2) is 4.98 Å². The van der Waals surface area contributed by atoms with Crippen LogP contribution in [0, 0.1) is 5.41 Å². The van der Waals surface area contributed by atoms with Crippen molar-refractivity contribution < 1.29 is 5.11 Å². The molecule has 0 atom stereocenters. The maximum atomic E-state index is 9.48. The van der Waals surface area contributed by atoms with Gasteiger partial charge in [-0.15, -0.1) is 0 Å². The zero-order valence-electron chi connectivity index (χ0n) is 9.25. The predicted molar refractivity (Wildman–Crippen MR) is 68.4 cm³/mol. The fourth-order valence-corrected chi connectivity index (χ4v) is 2.64. The maximum Gasteiger partial charge on any atom is 0.127 e. The minimum absolute atomic E-state index is 0.0734. The second kappa shape index (κ2) is 5.15. The van der Waals surface area contributed by atoms with Crippen molar-refractivity contribution in [1.29, 1.82) is 0 Å². The second-order valence-electron chi connectivity index (χ2n) is 4.56. The first-order valence-electron chi connectivity index (χ1n) is 5.71. The van der Waals surface area contributed by atoms with Gasteiger partial charge in [-0.05, 0) is 40.9 Å². The van der Waals surface area contributed by atoms with E-state index in [9.17, 15) is 5.11 Å². The summed E-state index contributed by atoms with van der Waals surface area (Å²) in [6, 6.07) is 5.81. The molecule has 2 rings (SSSR count). The third-order valence-electron chi connectivity index (χ3n) is 3.36. The van der Waals surface area contributed by atoms with Gasteiger partial charge in [-0.3, -0.25) is 0 Å². The van der Waals surface area contributed by atoms with Gasteiger partial charge in [0.2, 0.25) is 0 Å². The number of halogens is 1. The van der Waals surface area contributed by atoms with Crippen LogP contribution >= 0.6 is 15.9 Å². The van der Waals surface area contributed by atoms with Crippen LogP contribution in [0.3, 0.4) is 0 Å². The van der Waals surface area contributed by atoms with Crippen molar-refractivity contribution >= 4 is 21.7 Å². The summed E-state index contributed by atoms with van der Waals surface area (Å²) < 4.78 is 0.835. The van der Waals surface area contributed by atoms with Gasteiger partial charge in [0.05, 0.1) is 6.61 Å². The third-order valence-corrected chi connectivity index (χ3v) is 3.80. The summed E-state index contributed by atoms with van der Waals surface area (Å²) in [5, 5.41) is 12.8. The largest absolute Gasteiger partial charge is 0.396 e. The Morgan fingerprint density at radius 1 is 1.38 bits per heavy atom. The van der Waals surface area contributed by atoms with Gasteiger partial charge >= 0.3 is 0 Å². The predicted octanol–water partition coefficient (Wildman–Crippen LogP) is 2.81. The molecule has 1 saturated carbocycles. The van der Waals surface area contributed by atoms with Gasteiger partial charge in [-0.1, -0.05) is 18.9 Å². The molecule has 0 aromatic carbocycles. The van der Waals surface area contributed by atoms with E-state index >= 15 is 0 Å². The Balaban J connectivity index is 1.95. The monoisotopic (exact) mass is 284 g/mol. The average Bonchev–Trinajstić information content (AvgIpc) is 2.76. The molecule has 0 saturated heterocycles. The quantitative estimate of drug-likeness (QED) is 0.836. The number of nitrogens with one attached hydrogen (secondary N) is 1. The molecule has 16 heavy (non-hydrogen) atoms. The molecule has 1 fully saturated rings. The molecule has 0 amide bonds. The normalized spacial score (nSPS) is 18.6. The van der Waals surface area contributed by atoms with Gasteiger partial charge in [0.15, 0.2) is 0 Å². The highest BCUT2D eigenvalue weighted by molar-refractivity contribution is 9.10. The average molecular weight is 285 g/mol. The maximum absolute atomic E-state index is 9.48. The summed E-state index contributed by atoms with van der Waals surface area (Å²) in [5.74, 6) is 0.870. The molecular weight excluding hydrogens is 268 g/mol. The van der Waals surface area contributed by atoms with Crippen molar-refractivity contribution in [3.63, 3.8) is 0 Å². The van der Waals surface area contributed by atoms with Crippen LogP contribution in [0.1, 0.15) is 25.7 Å². The lowest BCUT2D eigenvalue weighted by molar-refractivity contribution is 0.142. The number of rotatable bonds is 4. The minimum atomic E-state index is 0.0734. The van der Waals surface area contributed by atoms with Gasteiger partial charge in [0.25, 0.3) is 0 Å². The first kappa shape index (κ1) is 11.9. The van der Waals surface area contributed by atoms with Crippen molar-refractivity contribution in [3.05, 3.63) is 22.8 Å². The van der Waals surface area contributed by atoms with Gasteiger partial charge < -0.3 is 10.4 Å². The summed E-state index contributed by atoms with van der Waals surface area (Å²) in [7, 11) is 0. The number of hydrogen-bond acceptors (Lipinski definition) is 3. The van der Waals surface area contributed by atoms with Crippen LogP contribution in [-0.2, 0) is 0 Å². The lowest BCUT2D eigenvalue weighted by Gasteiger charge is -2.26. The van der Waals surface area contributed by atoms with Crippen molar-refractivity contribution in [1.82, 2.24) is 4.98 Å². The molecule has 88 valence electrons. The minimum Gasteiger partial charge on any atom is -0.396 e. The van der Waals surface area contributed by atoms with Crippen LogP contribution in [-0.4, -0.2) is 23.2 Å². The number of aliphatic hydroxyl groups excluding tert-OH is 1. The number of aliphatic hydroxyl groups is 1. The zero-order valence-corrected chi connectivity index (χ0v) is 10.8. The Bertz CT molecular complexity index is 351. The molecule has 1 aliphatic carbocycles. The molecule has 0 radical (unpaired) electrons. The highest BCUT2D eigenvalue weighted by atomic mass is 79.9. The van der Waals surface area contributed by atoms with E-state index < -0.39 is 0 Å². The SMILES string of the molecule is OCC1(CNc2cccc(Br)n2)CCCC1. The molecule has 1 aliphatic rings. The van der Waals surface area contributed by atoms with E-state index in [2.05, 4.69) is 26.2 Å². The summed E-state index contributed by atoms with van der Waals surface area (Å²) >= 11 is 3.35. The van der Waals surface area contributed by atoms with Crippen molar-refractivity contribution in [3.8, 4) is 0 Å². The molecule has 0 unspecified atom stereocenters. The first-order valence-corrected chi connectivity index (χ1v) is 6.51. The molecule has 0 bridgehead atoms. The zero-order chi connectivity index (χ0) is 11.4. The van der Waals surface area contributed by atoms with Crippen molar-refractivity contribution in [2.45, 2.75) is 25.7 Å². The Morgan fingerprint density at radius 2 is 2.12 bits per heavy atom. The van der Waals surface area contributed by atoms with Gasteiger partial charge in [-0.2, -0.15) is 0 Å². The number of pyridine rings is 1. The molecule has 0 aliphatic heterocycles. The van der Waals surface area contributed by atoms with Gasteiger partial charge in [0, 0.05) is 12.0 Å². The van der Waals surface area contributed by atoms with Crippen LogP contribution in [0.25, 0.3) is 0 Å². The highest BCUT2D eigenvalue weighted by Crippen LogP contribution is 2.37. The first-order chi connectivity index (χ1) is 7.74. The summed E-state index contributed by atoms with van der Waals surface area (Å²) in [6.45, 7) is 1.08. The fourth-order valence-electron chi connectivity index (χ4n) is 2.30. The van der Waals surface area contributed by atoms with Gasteiger partial charge in [0.1, 0.15) is 10.4 Å². The molecule has 3 nitrogen and oxygen atoms in total. The Hall–Kier alpha value is -0.610. The number of hydrogen-bond donors (Lipinski definition) is 2. The fraction of sp³-hybridized carbons (Fsp3) is 0.583. The van der Waals surface area contributed by atoms with E-state index in [0.29, 0.717) is 0 Å². The standard InChI is InChI=1S/C12H17BrN2O/c13-10-4-3-5-11(15-10)14-8-12(9-16)6-1-2-7-12/h3-5,16H,1-2,6-9H2,(H,14,15). The molecule has 2 N–H and O–H groups in total. The lowest BCUT2D eigenvalue weighted by Crippen LogP contribution is -2.30. The topological polar surface area (TPSA) is 45.1 Å². The van der Waals surface area contributed by atoms with E-state index in [1.54, 1.807) is 0 Å². The van der Waals surface area contributed by atoms with E-state index in [1.807, 2.05) is 18.2 Å². The van der Waals surface area contributed by atoms with Crippen LogP contribution in [0.2, 0.25) is 0 Å². The Labute approximate surface area is 104 Å². The second-order valence-corrected chi connectivity index (χ2v) is 5.38. The van der Waals surface area contributed by atoms with Crippen LogP contribution in [0.4, 0.5) is 5.82 Å². The smallest absolute Gasteiger partial charge is 0.127 e. The molecule has 1 aromatic heterocycles. The third kappa shape index (κ3) is 2.74. The van der Waals surface area contributed by atoms with Crippen LogP contribution in [0.15, 0.2) is 22.8 Å². The van der Waals surface area contributed by atoms with E-state index in [-0.39, 0.29) is 12.0 Å². The summed E-state index contributed by atoms with van der Waals surface area (Å²) in [5.41, 5.74) is 0.0734. The van der Waals surface area contributed by atoms with E-state index in [0.717, 1.165) is 29.8 Å². The Kier molecular flexibility index (Phi) is 3.82. The lowest BCUT2D eigenvalue weighted by atomic mass is 9.87. The summed E-state index contributed by atoms with van der Waals surface area (Å²) in [6.07, 6.45) is 4.69. The van der Waals surface area contributed by atoms with E-state index in [4.69, 9.17) is 0 Å². The molecular formula is C12H17BrN2O. The van der Waals surface area contributed by atoms with Crippen molar-refractivity contribution in [2.75, 3.05) is 18.5 Å². The number of aromatic nitrogens is 1. The molecule has 1 heterocycles. The highest BCUT2D eigenvalue weighted by Gasteiger charge is 2.32. The number of anilines is 1. The van der Waals surface area contributed by atoms with Crippen LogP contribution in [0.5, 0.6) is 0 Å². The molecule has 4 heteroatoms. The Morgan fingerprint density at radius 3 is 2.75 bits per heavy atom. The van der Waals surface area contributed by atoms with E-state index in [1.165, 1.54) is 12.8 Å². The number of nitrogens with zero attached hydrogens (tertiary/aromatic N) is 1. The van der Waals surface area contributed by atoms with Crippen LogP contribution < -0.4 is 5.32 Å². The molecule has 1 aromatic rings. The molecule has 0 spiro atoms.